The van der Waals surface area contributed by atoms with Crippen LogP contribution in [0.1, 0.15) is 15.9 Å². The third kappa shape index (κ3) is 5.56. The van der Waals surface area contributed by atoms with Gasteiger partial charge < -0.3 is 24.0 Å². The molecule has 4 amide bonds. The largest absolute Gasteiger partial charge is 0.496 e. The number of carbonyl (C=O) groups is 4. The molecule has 0 aliphatic carbocycles. The van der Waals surface area contributed by atoms with Crippen LogP contribution in [0.25, 0.3) is 6.08 Å². The van der Waals surface area contributed by atoms with Crippen molar-refractivity contribution in [3.63, 3.8) is 0 Å². The highest BCUT2D eigenvalue weighted by Crippen LogP contribution is 2.39. The van der Waals surface area contributed by atoms with Crippen LogP contribution in [0.5, 0.6) is 17.2 Å². The first-order valence-corrected chi connectivity index (χ1v) is 12.4. The van der Waals surface area contributed by atoms with Gasteiger partial charge in [-0.05, 0) is 30.0 Å². The van der Waals surface area contributed by atoms with Crippen molar-refractivity contribution in [3.05, 3.63) is 58.5 Å². The summed E-state index contributed by atoms with van der Waals surface area (Å²) in [7, 11) is 4.46. The van der Waals surface area contributed by atoms with Gasteiger partial charge in [0.2, 0.25) is 5.91 Å². The lowest BCUT2D eigenvalue weighted by Gasteiger charge is -2.35. The minimum absolute atomic E-state index is 0.0897. The molecule has 0 N–H and O–H groups in total. The van der Waals surface area contributed by atoms with Gasteiger partial charge in [-0.1, -0.05) is 18.2 Å². The average Bonchev–Trinajstić information content (AvgIpc) is 3.20. The van der Waals surface area contributed by atoms with Crippen LogP contribution >= 0.6 is 11.8 Å². The first-order chi connectivity index (χ1) is 17.9. The van der Waals surface area contributed by atoms with E-state index in [2.05, 4.69) is 0 Å². The fraction of sp³-hybridized carbons (Fsp3) is 0.308. The molecule has 37 heavy (non-hydrogen) atoms. The molecule has 0 radical (unpaired) electrons. The van der Waals surface area contributed by atoms with Gasteiger partial charge in [0.25, 0.3) is 17.1 Å². The van der Waals surface area contributed by atoms with E-state index in [0.29, 0.717) is 54.6 Å². The van der Waals surface area contributed by atoms with Crippen LogP contribution in [0.4, 0.5) is 4.79 Å². The quantitative estimate of drug-likeness (QED) is 0.508. The minimum Gasteiger partial charge on any atom is -0.496 e. The third-order valence-corrected chi connectivity index (χ3v) is 7.04. The lowest BCUT2D eigenvalue weighted by molar-refractivity contribution is -0.136. The van der Waals surface area contributed by atoms with E-state index in [1.807, 2.05) is 6.07 Å². The molecule has 2 aromatic rings. The van der Waals surface area contributed by atoms with Crippen molar-refractivity contribution >= 4 is 40.8 Å². The Morgan fingerprint density at radius 2 is 1.49 bits per heavy atom. The number of methoxy groups -OCH3 is 3. The van der Waals surface area contributed by atoms with Gasteiger partial charge in [-0.2, -0.15) is 0 Å². The minimum atomic E-state index is -0.568. The molecule has 0 unspecified atom stereocenters. The van der Waals surface area contributed by atoms with Gasteiger partial charge in [0.1, 0.15) is 23.8 Å². The second kappa shape index (κ2) is 11.4. The van der Waals surface area contributed by atoms with Gasteiger partial charge >= 0.3 is 0 Å². The Hall–Kier alpha value is -3.99. The summed E-state index contributed by atoms with van der Waals surface area (Å²) in [5, 5.41) is -0.533. The zero-order chi connectivity index (χ0) is 26.5. The molecular weight excluding hydrogens is 498 g/mol. The monoisotopic (exact) mass is 525 g/mol. The van der Waals surface area contributed by atoms with Crippen LogP contribution in [0.15, 0.2) is 47.4 Å². The van der Waals surface area contributed by atoms with Crippen molar-refractivity contribution in [1.82, 2.24) is 14.7 Å². The number of rotatable bonds is 7. The number of hydrogen-bond donors (Lipinski definition) is 0. The summed E-state index contributed by atoms with van der Waals surface area (Å²) in [6.07, 6.45) is 1.51. The molecule has 4 rings (SSSR count). The fourth-order valence-electron chi connectivity index (χ4n) is 4.10. The lowest BCUT2D eigenvalue weighted by Crippen LogP contribution is -2.53. The van der Waals surface area contributed by atoms with Crippen molar-refractivity contribution in [1.29, 1.82) is 0 Å². The normalized spacial score (nSPS) is 16.8. The molecule has 2 aliphatic rings. The zero-order valence-corrected chi connectivity index (χ0v) is 21.6. The van der Waals surface area contributed by atoms with E-state index in [1.54, 1.807) is 46.2 Å². The van der Waals surface area contributed by atoms with Crippen LogP contribution in [0.2, 0.25) is 0 Å². The topological polar surface area (TPSA) is 106 Å². The molecule has 2 saturated heterocycles. The Kier molecular flexibility index (Phi) is 8.02. The predicted molar refractivity (Wildman–Crippen MR) is 138 cm³/mol. The smallest absolute Gasteiger partial charge is 0.294 e. The van der Waals surface area contributed by atoms with Crippen molar-refractivity contribution in [2.45, 2.75) is 0 Å². The number of imide groups is 1. The maximum atomic E-state index is 13.0. The summed E-state index contributed by atoms with van der Waals surface area (Å²) in [4.78, 5) is 55.6. The number of amides is 4. The van der Waals surface area contributed by atoms with Gasteiger partial charge in [-0.15, -0.1) is 0 Å². The molecule has 0 spiro atoms. The molecule has 0 saturated carbocycles. The Morgan fingerprint density at radius 3 is 2.05 bits per heavy atom. The van der Waals surface area contributed by atoms with Crippen molar-refractivity contribution in [2.75, 3.05) is 54.1 Å². The van der Waals surface area contributed by atoms with E-state index in [4.69, 9.17) is 14.2 Å². The number of benzene rings is 2. The maximum absolute atomic E-state index is 13.0. The van der Waals surface area contributed by atoms with Crippen molar-refractivity contribution in [2.24, 2.45) is 0 Å². The van der Waals surface area contributed by atoms with E-state index in [0.717, 1.165) is 16.7 Å². The second-order valence-electron chi connectivity index (χ2n) is 8.25. The number of thioether (sulfide) groups is 1. The fourth-order valence-corrected chi connectivity index (χ4v) is 4.92. The summed E-state index contributed by atoms with van der Waals surface area (Å²) in [5.74, 6) is 0.309. The van der Waals surface area contributed by atoms with E-state index >= 15 is 0 Å². The van der Waals surface area contributed by atoms with E-state index in [-0.39, 0.29) is 23.3 Å². The average molecular weight is 526 g/mol. The molecule has 2 fully saturated rings. The Bertz CT molecular complexity index is 1210. The predicted octanol–water partition coefficient (Wildman–Crippen LogP) is 2.73. The summed E-state index contributed by atoms with van der Waals surface area (Å²) in [6.45, 7) is 1.02. The molecule has 10 nitrogen and oxygen atoms in total. The molecule has 0 aromatic heterocycles. The highest BCUT2D eigenvalue weighted by Gasteiger charge is 2.38. The molecular formula is C26H27N3O7S. The van der Waals surface area contributed by atoms with Crippen molar-refractivity contribution < 1.29 is 33.4 Å². The van der Waals surface area contributed by atoms with E-state index in [9.17, 15) is 19.2 Å². The number of ether oxygens (including phenoxy) is 3. The van der Waals surface area contributed by atoms with Crippen LogP contribution in [0, 0.1) is 0 Å². The SMILES string of the molecule is COc1cc(OC)c(C=C2SC(=O)N(CC(=O)N3CCN(C(=O)c4ccccc4)CC3)C2=O)c(OC)c1. The molecule has 2 aromatic carbocycles. The molecule has 0 atom stereocenters. The van der Waals surface area contributed by atoms with Gasteiger partial charge in [0.05, 0.1) is 31.8 Å². The van der Waals surface area contributed by atoms with Gasteiger partial charge in [-0.3, -0.25) is 24.1 Å². The number of hydrogen-bond acceptors (Lipinski definition) is 8. The van der Waals surface area contributed by atoms with Crippen molar-refractivity contribution in [3.8, 4) is 17.2 Å². The highest BCUT2D eigenvalue weighted by molar-refractivity contribution is 8.18. The summed E-state index contributed by atoms with van der Waals surface area (Å²) >= 11 is 0.748. The summed E-state index contributed by atoms with van der Waals surface area (Å²) in [5.41, 5.74) is 1.07. The number of piperazine rings is 1. The van der Waals surface area contributed by atoms with E-state index in [1.165, 1.54) is 27.4 Å². The van der Waals surface area contributed by atoms with Gasteiger partial charge in [0.15, 0.2) is 0 Å². The molecule has 2 heterocycles. The molecule has 0 bridgehead atoms. The van der Waals surface area contributed by atoms with Crippen LogP contribution in [0.3, 0.4) is 0 Å². The van der Waals surface area contributed by atoms with Gasteiger partial charge in [-0.25, -0.2) is 0 Å². The summed E-state index contributed by atoms with van der Waals surface area (Å²) in [6, 6.07) is 12.2. The molecule has 194 valence electrons. The highest BCUT2D eigenvalue weighted by atomic mass is 32.2. The Morgan fingerprint density at radius 1 is 0.892 bits per heavy atom. The number of carbonyl (C=O) groups excluding carboxylic acids is 4. The van der Waals surface area contributed by atoms with Crippen LogP contribution in [-0.4, -0.2) is 91.7 Å². The lowest BCUT2D eigenvalue weighted by atomic mass is 10.1. The standard InChI is InChI=1S/C26H27N3O7S/c1-34-18-13-20(35-2)19(21(14-18)36-3)15-22-25(32)29(26(33)37-22)16-23(30)27-9-11-28(12-10-27)24(31)17-7-5-4-6-8-17/h4-8,13-15H,9-12,16H2,1-3H3. The maximum Gasteiger partial charge on any atom is 0.294 e. The van der Waals surface area contributed by atoms with Gasteiger partial charge in [0, 0.05) is 43.9 Å². The van der Waals surface area contributed by atoms with Crippen LogP contribution < -0.4 is 14.2 Å². The Balaban J connectivity index is 1.42. The third-order valence-electron chi connectivity index (χ3n) is 6.14. The zero-order valence-electron chi connectivity index (χ0n) is 20.8. The molecule has 11 heteroatoms. The van der Waals surface area contributed by atoms with Crippen LogP contribution in [-0.2, 0) is 9.59 Å². The van der Waals surface area contributed by atoms with E-state index < -0.39 is 11.1 Å². The summed E-state index contributed by atoms with van der Waals surface area (Å²) < 4.78 is 16.1. The second-order valence-corrected chi connectivity index (χ2v) is 9.25. The Labute approximate surface area is 218 Å². The first-order valence-electron chi connectivity index (χ1n) is 11.5. The number of nitrogens with zero attached hydrogens (tertiary/aromatic N) is 3. The first kappa shape index (κ1) is 26.1. The molecule has 2 aliphatic heterocycles.